The summed E-state index contributed by atoms with van der Waals surface area (Å²) in [6, 6.07) is 2.94. The highest BCUT2D eigenvalue weighted by molar-refractivity contribution is 9.10. The topological polar surface area (TPSA) is 81.4 Å². The van der Waals surface area contributed by atoms with E-state index < -0.39 is 15.6 Å². The van der Waals surface area contributed by atoms with E-state index in [4.69, 9.17) is 22.1 Å². The van der Waals surface area contributed by atoms with Gasteiger partial charge >= 0.3 is 0 Å². The molecule has 0 amide bonds. The Morgan fingerprint density at radius 2 is 1.95 bits per heavy atom. The van der Waals surface area contributed by atoms with Crippen LogP contribution in [0.1, 0.15) is 26.7 Å². The minimum absolute atomic E-state index is 0.0101. The number of nitrogens with one attached hydrogen (secondary N) is 1. The van der Waals surface area contributed by atoms with Gasteiger partial charge in [0, 0.05) is 17.1 Å². The van der Waals surface area contributed by atoms with Crippen LogP contribution in [0.3, 0.4) is 0 Å². The second-order valence-corrected chi connectivity index (χ2v) is 7.66. The third kappa shape index (κ3) is 4.10. The largest absolute Gasteiger partial charge is 0.494 e. The predicted molar refractivity (Wildman–Crippen MR) is 88.4 cm³/mol. The molecule has 0 saturated heterocycles. The van der Waals surface area contributed by atoms with E-state index in [2.05, 4.69) is 20.7 Å². The zero-order valence-corrected chi connectivity index (χ0v) is 15.4. The average molecular weight is 400 g/mol. The second kappa shape index (κ2) is 7.28. The highest BCUT2D eigenvalue weighted by Crippen LogP contribution is 2.36. The van der Waals surface area contributed by atoms with Crippen LogP contribution in [-0.4, -0.2) is 27.6 Å². The van der Waals surface area contributed by atoms with Gasteiger partial charge in [-0.25, -0.2) is 13.1 Å². The molecule has 1 aromatic rings. The predicted octanol–water partition coefficient (Wildman–Crippen LogP) is 2.91. The van der Waals surface area contributed by atoms with Gasteiger partial charge in [0.25, 0.3) is 0 Å². The van der Waals surface area contributed by atoms with Gasteiger partial charge in [-0.1, -0.05) is 25.4 Å². The third-order valence-corrected chi connectivity index (χ3v) is 5.95. The van der Waals surface area contributed by atoms with E-state index in [-0.39, 0.29) is 17.2 Å². The maximum absolute atomic E-state index is 12.7. The molecule has 0 bridgehead atoms. The van der Waals surface area contributed by atoms with Gasteiger partial charge in [-0.15, -0.1) is 0 Å². The molecule has 0 spiro atoms. The van der Waals surface area contributed by atoms with Crippen LogP contribution in [0.25, 0.3) is 0 Å². The monoisotopic (exact) mass is 398 g/mol. The summed E-state index contributed by atoms with van der Waals surface area (Å²) >= 11 is 9.21. The molecule has 3 N–H and O–H groups in total. The molecular weight excluding hydrogens is 380 g/mol. The van der Waals surface area contributed by atoms with E-state index in [1.54, 1.807) is 6.07 Å². The summed E-state index contributed by atoms with van der Waals surface area (Å²) in [7, 11) is -2.41. The van der Waals surface area contributed by atoms with E-state index in [9.17, 15) is 8.42 Å². The SMILES string of the molecule is CCC(CC)(CN)NS(=O)(=O)c1cc(Cl)cc(Br)c1OC. The Balaban J connectivity index is 3.38. The number of nitrogens with two attached hydrogens (primary N) is 1. The summed E-state index contributed by atoms with van der Waals surface area (Å²) in [5, 5.41) is 0.300. The number of ether oxygens (including phenoxy) is 1. The van der Waals surface area contributed by atoms with Gasteiger partial charge in [0.05, 0.1) is 11.6 Å². The molecule has 0 aliphatic carbocycles. The molecule has 1 aromatic carbocycles. The fraction of sp³-hybridized carbons (Fsp3) is 0.538. The molecular formula is C13H20BrClN2O3S. The van der Waals surface area contributed by atoms with Crippen LogP contribution in [0.5, 0.6) is 5.75 Å². The minimum Gasteiger partial charge on any atom is -0.494 e. The zero-order chi connectivity index (χ0) is 16.3. The Labute approximate surface area is 139 Å². The number of halogens is 2. The van der Waals surface area contributed by atoms with Crippen molar-refractivity contribution in [2.24, 2.45) is 5.73 Å². The fourth-order valence-corrected chi connectivity index (χ4v) is 4.94. The lowest BCUT2D eigenvalue weighted by Crippen LogP contribution is -2.52. The standard InChI is InChI=1S/C13H20BrClN2O3S/c1-4-13(5-2,8-16)17-21(18,19)11-7-9(15)6-10(14)12(11)20-3/h6-7,17H,4-5,8,16H2,1-3H3. The number of sulfonamides is 1. The van der Waals surface area contributed by atoms with E-state index in [0.29, 0.717) is 22.3 Å². The minimum atomic E-state index is -3.81. The van der Waals surface area contributed by atoms with Crippen LogP contribution in [0.2, 0.25) is 5.02 Å². The summed E-state index contributed by atoms with van der Waals surface area (Å²) in [6.07, 6.45) is 1.17. The summed E-state index contributed by atoms with van der Waals surface area (Å²) in [5.41, 5.74) is 5.07. The fourth-order valence-electron chi connectivity index (χ4n) is 2.00. The van der Waals surface area contributed by atoms with Crippen molar-refractivity contribution in [3.05, 3.63) is 21.6 Å². The highest BCUT2D eigenvalue weighted by Gasteiger charge is 2.33. The van der Waals surface area contributed by atoms with Gasteiger partial charge in [0.2, 0.25) is 10.0 Å². The van der Waals surface area contributed by atoms with Crippen LogP contribution in [0, 0.1) is 0 Å². The molecule has 0 unspecified atom stereocenters. The van der Waals surface area contributed by atoms with Crippen molar-refractivity contribution in [2.45, 2.75) is 37.1 Å². The van der Waals surface area contributed by atoms with Gasteiger partial charge in [0.15, 0.2) is 5.75 Å². The van der Waals surface area contributed by atoms with Crippen molar-refractivity contribution < 1.29 is 13.2 Å². The van der Waals surface area contributed by atoms with Crippen LogP contribution in [0.4, 0.5) is 0 Å². The quantitative estimate of drug-likeness (QED) is 0.738. The van der Waals surface area contributed by atoms with Crippen LogP contribution in [0.15, 0.2) is 21.5 Å². The lowest BCUT2D eigenvalue weighted by molar-refractivity contribution is 0.360. The van der Waals surface area contributed by atoms with E-state index in [1.807, 2.05) is 13.8 Å². The van der Waals surface area contributed by atoms with Crippen molar-refractivity contribution in [3.8, 4) is 5.75 Å². The smallest absolute Gasteiger partial charge is 0.244 e. The number of rotatable bonds is 7. The first-order valence-electron chi connectivity index (χ1n) is 6.52. The summed E-state index contributed by atoms with van der Waals surface area (Å²) < 4.78 is 33.7. The summed E-state index contributed by atoms with van der Waals surface area (Å²) in [5.74, 6) is 0.213. The Bertz CT molecular complexity index is 595. The van der Waals surface area contributed by atoms with E-state index >= 15 is 0 Å². The molecule has 0 aliphatic rings. The lowest BCUT2D eigenvalue weighted by atomic mass is 9.95. The molecule has 0 heterocycles. The molecule has 0 atom stereocenters. The second-order valence-electron chi connectivity index (χ2n) is 4.72. The molecule has 120 valence electrons. The maximum atomic E-state index is 12.7. The number of methoxy groups -OCH3 is 1. The van der Waals surface area contributed by atoms with Crippen LogP contribution >= 0.6 is 27.5 Å². The Morgan fingerprint density at radius 1 is 1.38 bits per heavy atom. The summed E-state index contributed by atoms with van der Waals surface area (Å²) in [6.45, 7) is 4.00. The first-order chi connectivity index (χ1) is 9.75. The first-order valence-corrected chi connectivity index (χ1v) is 9.17. The molecule has 0 saturated carbocycles. The maximum Gasteiger partial charge on any atom is 0.244 e. The molecule has 0 radical (unpaired) electrons. The molecule has 1 rings (SSSR count). The number of benzene rings is 1. The zero-order valence-electron chi connectivity index (χ0n) is 12.2. The van der Waals surface area contributed by atoms with Crippen LogP contribution < -0.4 is 15.2 Å². The Kier molecular flexibility index (Phi) is 6.49. The van der Waals surface area contributed by atoms with Crippen molar-refractivity contribution in [3.63, 3.8) is 0 Å². The molecule has 5 nitrogen and oxygen atoms in total. The number of hydrogen-bond acceptors (Lipinski definition) is 4. The van der Waals surface area contributed by atoms with Crippen molar-refractivity contribution in [1.29, 1.82) is 0 Å². The van der Waals surface area contributed by atoms with Gasteiger partial charge in [-0.3, -0.25) is 0 Å². The Hall–Kier alpha value is -0.340. The molecule has 8 heteroatoms. The molecule has 0 aromatic heterocycles. The van der Waals surface area contributed by atoms with Crippen LogP contribution in [-0.2, 0) is 10.0 Å². The first kappa shape index (κ1) is 18.7. The van der Waals surface area contributed by atoms with Gasteiger partial charge in [-0.05, 0) is 40.9 Å². The average Bonchev–Trinajstić information content (AvgIpc) is 2.44. The molecule has 0 aliphatic heterocycles. The third-order valence-electron chi connectivity index (χ3n) is 3.56. The van der Waals surface area contributed by atoms with Gasteiger partial charge < -0.3 is 10.5 Å². The van der Waals surface area contributed by atoms with E-state index in [0.717, 1.165) is 0 Å². The normalized spacial score (nSPS) is 12.5. The summed E-state index contributed by atoms with van der Waals surface area (Å²) in [4.78, 5) is -0.0101. The van der Waals surface area contributed by atoms with Gasteiger partial charge in [0.1, 0.15) is 4.90 Å². The van der Waals surface area contributed by atoms with Crippen molar-refractivity contribution in [2.75, 3.05) is 13.7 Å². The lowest BCUT2D eigenvalue weighted by Gasteiger charge is -2.31. The number of hydrogen-bond donors (Lipinski definition) is 2. The van der Waals surface area contributed by atoms with Gasteiger partial charge in [-0.2, -0.15) is 0 Å². The molecule has 21 heavy (non-hydrogen) atoms. The van der Waals surface area contributed by atoms with E-state index in [1.165, 1.54) is 13.2 Å². The Morgan fingerprint density at radius 3 is 2.38 bits per heavy atom. The highest BCUT2D eigenvalue weighted by atomic mass is 79.9. The molecule has 0 fully saturated rings. The van der Waals surface area contributed by atoms with Crippen molar-refractivity contribution >= 4 is 37.6 Å². The van der Waals surface area contributed by atoms with Crippen molar-refractivity contribution in [1.82, 2.24) is 4.72 Å².